The Balaban J connectivity index is 1.33. The van der Waals surface area contributed by atoms with Crippen LogP contribution in [0.3, 0.4) is 0 Å². The van der Waals surface area contributed by atoms with E-state index in [1.807, 2.05) is 6.20 Å². The second-order valence-corrected chi connectivity index (χ2v) is 12.8. The molecule has 1 aliphatic carbocycles. The number of aryl methyl sites for hydroxylation is 1. The zero-order valence-electron chi connectivity index (χ0n) is 23.6. The molecule has 1 aliphatic rings. The molecule has 1 aromatic carbocycles. The first-order valence-corrected chi connectivity index (χ1v) is 15.3. The fourth-order valence-electron chi connectivity index (χ4n) is 5.67. The Kier molecular flexibility index (Phi) is 8.50. The molecule has 0 radical (unpaired) electrons. The van der Waals surface area contributed by atoms with Crippen molar-refractivity contribution in [3.63, 3.8) is 0 Å². The van der Waals surface area contributed by atoms with Gasteiger partial charge in [0, 0.05) is 23.1 Å². The number of aromatic nitrogens is 3. The van der Waals surface area contributed by atoms with E-state index in [1.165, 1.54) is 27.1 Å². The van der Waals surface area contributed by atoms with Crippen LogP contribution in [0.1, 0.15) is 99.7 Å². The quantitative estimate of drug-likeness (QED) is 0.169. The first-order chi connectivity index (χ1) is 19.1. The highest BCUT2D eigenvalue weighted by Gasteiger charge is 2.29. The molecule has 4 aromatic rings. The summed E-state index contributed by atoms with van der Waals surface area (Å²) in [4.78, 5) is 11.5. The van der Waals surface area contributed by atoms with E-state index >= 15 is 0 Å². The molecule has 40 heavy (non-hydrogen) atoms. The Morgan fingerprint density at radius 2 is 1.65 bits per heavy atom. The number of allylic oxidation sites excluding steroid dienone is 1. The van der Waals surface area contributed by atoms with Crippen LogP contribution in [-0.4, -0.2) is 20.7 Å². The summed E-state index contributed by atoms with van der Waals surface area (Å²) in [5.41, 5.74) is 6.67. The first kappa shape index (κ1) is 28.6. The van der Waals surface area contributed by atoms with Crippen LogP contribution in [0.15, 0.2) is 54.1 Å². The van der Waals surface area contributed by atoms with Crippen LogP contribution in [0, 0.1) is 0 Å². The van der Waals surface area contributed by atoms with E-state index in [9.17, 15) is 13.2 Å². The molecule has 0 spiro atoms. The number of alkyl halides is 3. The Morgan fingerprint density at radius 3 is 2.40 bits per heavy atom. The molecular formula is C33H38F3N3S. The maximum Gasteiger partial charge on any atom is 0.389 e. The summed E-state index contributed by atoms with van der Waals surface area (Å²) in [5, 5.41) is 2.16. The Morgan fingerprint density at radius 1 is 0.925 bits per heavy atom. The third-order valence-electron chi connectivity index (χ3n) is 7.65. The molecule has 3 nitrogen and oxygen atoms in total. The Labute approximate surface area is 239 Å². The SMILES string of the molecule is CC(C)(C)c1sccc1-c1nc2cc(CCCCCCCCCC(F)(F)F)cnc2n1C1C=Cc2ccccc21. The molecule has 0 aliphatic heterocycles. The smallest absolute Gasteiger partial charge is 0.297 e. The fourth-order valence-corrected chi connectivity index (χ4v) is 6.65. The molecule has 0 fully saturated rings. The van der Waals surface area contributed by atoms with Gasteiger partial charge in [-0.25, -0.2) is 9.97 Å². The lowest BCUT2D eigenvalue weighted by atomic mass is 9.91. The topological polar surface area (TPSA) is 30.7 Å². The maximum absolute atomic E-state index is 12.3. The van der Waals surface area contributed by atoms with Gasteiger partial charge in [0.25, 0.3) is 0 Å². The molecule has 0 amide bonds. The number of rotatable bonds is 11. The zero-order valence-corrected chi connectivity index (χ0v) is 24.4. The number of benzene rings is 1. The first-order valence-electron chi connectivity index (χ1n) is 14.4. The molecule has 1 atom stereocenters. The third kappa shape index (κ3) is 6.51. The van der Waals surface area contributed by atoms with E-state index < -0.39 is 12.6 Å². The molecule has 0 saturated carbocycles. The summed E-state index contributed by atoms with van der Waals surface area (Å²) in [7, 11) is 0. The lowest BCUT2D eigenvalue weighted by Crippen LogP contribution is -2.13. The van der Waals surface area contributed by atoms with Gasteiger partial charge in [0.2, 0.25) is 0 Å². The number of hydrogen-bond donors (Lipinski definition) is 0. The van der Waals surface area contributed by atoms with Gasteiger partial charge in [-0.05, 0) is 58.9 Å². The molecule has 1 unspecified atom stereocenters. The average molecular weight is 566 g/mol. The number of imidazole rings is 1. The average Bonchev–Trinajstić information content (AvgIpc) is 3.63. The maximum atomic E-state index is 12.3. The van der Waals surface area contributed by atoms with Gasteiger partial charge < -0.3 is 0 Å². The molecule has 3 heterocycles. The summed E-state index contributed by atoms with van der Waals surface area (Å²) < 4.78 is 39.1. The summed E-state index contributed by atoms with van der Waals surface area (Å²) in [6, 6.07) is 12.9. The zero-order chi connectivity index (χ0) is 28.3. The van der Waals surface area contributed by atoms with E-state index in [-0.39, 0.29) is 17.9 Å². The van der Waals surface area contributed by atoms with Crippen LogP contribution in [0.5, 0.6) is 0 Å². The van der Waals surface area contributed by atoms with Crippen LogP contribution >= 0.6 is 11.3 Å². The van der Waals surface area contributed by atoms with Crippen molar-refractivity contribution in [2.75, 3.05) is 0 Å². The number of unbranched alkanes of at least 4 members (excludes halogenated alkanes) is 6. The molecule has 3 aromatic heterocycles. The number of halogens is 3. The molecule has 0 N–H and O–H groups in total. The van der Waals surface area contributed by atoms with Gasteiger partial charge in [-0.3, -0.25) is 4.57 Å². The van der Waals surface area contributed by atoms with Crippen molar-refractivity contribution in [1.82, 2.24) is 14.5 Å². The largest absolute Gasteiger partial charge is 0.389 e. The second kappa shape index (κ2) is 11.9. The van der Waals surface area contributed by atoms with Crippen LogP contribution < -0.4 is 0 Å². The van der Waals surface area contributed by atoms with Crippen molar-refractivity contribution in [1.29, 1.82) is 0 Å². The van der Waals surface area contributed by atoms with Gasteiger partial charge in [0.15, 0.2) is 5.65 Å². The highest BCUT2D eigenvalue weighted by atomic mass is 32.1. The van der Waals surface area contributed by atoms with E-state index in [2.05, 4.69) is 79.3 Å². The second-order valence-electron chi connectivity index (χ2n) is 11.9. The van der Waals surface area contributed by atoms with E-state index in [0.717, 1.165) is 55.5 Å². The summed E-state index contributed by atoms with van der Waals surface area (Å²) in [6.07, 6.45) is 8.62. The fraction of sp³-hybridized carbons (Fsp3) is 0.455. The van der Waals surface area contributed by atoms with Crippen molar-refractivity contribution in [3.8, 4) is 11.4 Å². The number of fused-ring (bicyclic) bond motifs is 2. The molecule has 0 saturated heterocycles. The monoisotopic (exact) mass is 565 g/mol. The molecule has 7 heteroatoms. The predicted molar refractivity (Wildman–Crippen MR) is 160 cm³/mol. The number of hydrogen-bond acceptors (Lipinski definition) is 3. The normalized spacial score (nSPS) is 15.3. The molecule has 5 rings (SSSR count). The highest BCUT2D eigenvalue weighted by Crippen LogP contribution is 2.42. The van der Waals surface area contributed by atoms with Crippen LogP contribution in [-0.2, 0) is 11.8 Å². The minimum atomic E-state index is -4.03. The van der Waals surface area contributed by atoms with Crippen molar-refractivity contribution >= 4 is 28.6 Å². The lowest BCUT2D eigenvalue weighted by Gasteiger charge is -2.21. The number of thiophene rings is 1. The van der Waals surface area contributed by atoms with Crippen molar-refractivity contribution < 1.29 is 13.2 Å². The van der Waals surface area contributed by atoms with Crippen molar-refractivity contribution in [3.05, 3.63) is 75.6 Å². The highest BCUT2D eigenvalue weighted by molar-refractivity contribution is 7.10. The van der Waals surface area contributed by atoms with Crippen molar-refractivity contribution in [2.24, 2.45) is 0 Å². The van der Waals surface area contributed by atoms with Gasteiger partial charge in [0.1, 0.15) is 11.3 Å². The molecule has 0 bridgehead atoms. The summed E-state index contributed by atoms with van der Waals surface area (Å²) in [5.74, 6) is 0.961. The van der Waals surface area contributed by atoms with Gasteiger partial charge in [-0.2, -0.15) is 13.2 Å². The van der Waals surface area contributed by atoms with Crippen LogP contribution in [0.25, 0.3) is 28.6 Å². The standard InChI is InChI=1S/C33H38F3N3S/c1-32(2,3)29-26(18-20-40-29)30-38-27-21-23(13-9-7-5-4-6-8-12-19-33(34,35)36)22-37-31(27)39(30)28-17-16-24-14-10-11-15-25(24)28/h10-11,14-18,20-22,28H,4-9,12-13,19H2,1-3H3. The Bertz CT molecular complexity index is 1470. The third-order valence-corrected chi connectivity index (χ3v) is 8.99. The minimum absolute atomic E-state index is 0.00675. The van der Waals surface area contributed by atoms with Crippen molar-refractivity contribution in [2.45, 2.75) is 96.2 Å². The number of pyridine rings is 1. The predicted octanol–water partition coefficient (Wildman–Crippen LogP) is 10.3. The summed E-state index contributed by atoms with van der Waals surface area (Å²) in [6.45, 7) is 6.75. The van der Waals surface area contributed by atoms with E-state index in [4.69, 9.17) is 9.97 Å². The lowest BCUT2D eigenvalue weighted by molar-refractivity contribution is -0.135. The Hall–Kier alpha value is -2.93. The van der Waals surface area contributed by atoms with Gasteiger partial charge in [-0.15, -0.1) is 11.3 Å². The minimum Gasteiger partial charge on any atom is -0.297 e. The summed E-state index contributed by atoms with van der Waals surface area (Å²) >= 11 is 1.78. The van der Waals surface area contributed by atoms with E-state index in [1.54, 1.807) is 11.3 Å². The molecule has 212 valence electrons. The van der Waals surface area contributed by atoms with Gasteiger partial charge in [-0.1, -0.05) is 89.3 Å². The number of nitrogens with zero attached hydrogens (tertiary/aromatic N) is 3. The van der Waals surface area contributed by atoms with Gasteiger partial charge in [0.05, 0.1) is 6.04 Å². The van der Waals surface area contributed by atoms with Crippen LogP contribution in [0.4, 0.5) is 13.2 Å². The van der Waals surface area contributed by atoms with Crippen LogP contribution in [0.2, 0.25) is 0 Å². The molecular weight excluding hydrogens is 527 g/mol. The van der Waals surface area contributed by atoms with E-state index in [0.29, 0.717) is 6.42 Å². The van der Waals surface area contributed by atoms with Gasteiger partial charge >= 0.3 is 6.18 Å².